The third-order valence-corrected chi connectivity index (χ3v) is 6.17. The van der Waals surface area contributed by atoms with E-state index in [2.05, 4.69) is 6.92 Å². The molecule has 3 nitrogen and oxygen atoms in total. The minimum atomic E-state index is -0.867. The van der Waals surface area contributed by atoms with Crippen LogP contribution in [-0.2, 0) is 9.47 Å². The van der Waals surface area contributed by atoms with Gasteiger partial charge < -0.3 is 14.2 Å². The molecule has 158 valence electrons. The van der Waals surface area contributed by atoms with Gasteiger partial charge in [-0.05, 0) is 75.3 Å². The molecule has 0 N–H and O–H groups in total. The molecule has 5 heteroatoms. The zero-order valence-electron chi connectivity index (χ0n) is 17.2. The highest BCUT2D eigenvalue weighted by Crippen LogP contribution is 2.37. The van der Waals surface area contributed by atoms with E-state index in [0.717, 1.165) is 38.7 Å². The maximum absolute atomic E-state index is 14.4. The zero-order valence-corrected chi connectivity index (χ0v) is 17.2. The van der Waals surface area contributed by atoms with Crippen LogP contribution in [0.4, 0.5) is 8.78 Å². The first-order chi connectivity index (χ1) is 13.6. The average Bonchev–Trinajstić information content (AvgIpc) is 2.72. The van der Waals surface area contributed by atoms with Gasteiger partial charge in [-0.2, -0.15) is 4.39 Å². The Hall–Kier alpha value is -1.20. The lowest BCUT2D eigenvalue weighted by atomic mass is 9.82. The molecular weight excluding hydrogens is 362 g/mol. The van der Waals surface area contributed by atoms with Gasteiger partial charge in [0.05, 0.1) is 25.4 Å². The zero-order chi connectivity index (χ0) is 19.9. The molecule has 1 aliphatic carbocycles. The molecule has 1 saturated heterocycles. The molecule has 0 spiro atoms. The van der Waals surface area contributed by atoms with Crippen LogP contribution < -0.4 is 4.74 Å². The van der Waals surface area contributed by atoms with Gasteiger partial charge in [0.2, 0.25) is 5.82 Å². The van der Waals surface area contributed by atoms with Crippen molar-refractivity contribution in [1.82, 2.24) is 0 Å². The third-order valence-electron chi connectivity index (χ3n) is 6.17. The summed E-state index contributed by atoms with van der Waals surface area (Å²) < 4.78 is 45.8. The van der Waals surface area contributed by atoms with E-state index in [4.69, 9.17) is 14.2 Å². The van der Waals surface area contributed by atoms with Crippen LogP contribution in [0.15, 0.2) is 12.1 Å². The Kier molecular flexibility index (Phi) is 8.10. The van der Waals surface area contributed by atoms with Gasteiger partial charge in [-0.25, -0.2) is 4.39 Å². The lowest BCUT2D eigenvalue weighted by molar-refractivity contribution is -0.0857. The van der Waals surface area contributed by atoms with Crippen LogP contribution in [-0.4, -0.2) is 32.0 Å². The van der Waals surface area contributed by atoms with Crippen LogP contribution in [0.25, 0.3) is 0 Å². The Labute approximate surface area is 167 Å². The van der Waals surface area contributed by atoms with E-state index in [0.29, 0.717) is 24.7 Å². The van der Waals surface area contributed by atoms with Crippen LogP contribution in [0.1, 0.15) is 76.7 Å². The number of ether oxygens (including phenoxy) is 3. The van der Waals surface area contributed by atoms with E-state index in [1.54, 1.807) is 19.1 Å². The van der Waals surface area contributed by atoms with Gasteiger partial charge in [0.1, 0.15) is 0 Å². The minimum absolute atomic E-state index is 0.00516. The van der Waals surface area contributed by atoms with Crippen molar-refractivity contribution in [2.24, 2.45) is 5.92 Å². The minimum Gasteiger partial charge on any atom is -0.491 e. The van der Waals surface area contributed by atoms with E-state index in [-0.39, 0.29) is 23.9 Å². The predicted molar refractivity (Wildman–Crippen MR) is 106 cm³/mol. The lowest BCUT2D eigenvalue weighted by Crippen LogP contribution is -2.32. The fraction of sp³-hybridized carbons (Fsp3) is 0.739. The van der Waals surface area contributed by atoms with Crippen molar-refractivity contribution in [3.8, 4) is 5.75 Å². The fourth-order valence-corrected chi connectivity index (χ4v) is 4.54. The summed E-state index contributed by atoms with van der Waals surface area (Å²) in [6.07, 6.45) is 8.59. The van der Waals surface area contributed by atoms with Crippen molar-refractivity contribution < 1.29 is 23.0 Å². The Morgan fingerprint density at radius 3 is 2.43 bits per heavy atom. The van der Waals surface area contributed by atoms with Gasteiger partial charge in [-0.3, -0.25) is 0 Å². The maximum atomic E-state index is 14.4. The summed E-state index contributed by atoms with van der Waals surface area (Å²) in [5.74, 6) is -0.873. The standard InChI is InChI=1S/C23H34F2O3/c1-3-5-16-6-9-19(27-14-16)15-28-18-10-7-17(8-11-18)20-12-13-21(26-4-2)23(25)22(20)24/h12-13,16-19H,3-11,14-15H2,1-2H3. The van der Waals surface area contributed by atoms with Gasteiger partial charge >= 0.3 is 0 Å². The van der Waals surface area contributed by atoms with Crippen LogP contribution in [0.3, 0.4) is 0 Å². The molecule has 2 aliphatic rings. The second-order valence-corrected chi connectivity index (χ2v) is 8.21. The van der Waals surface area contributed by atoms with Crippen LogP contribution in [0.2, 0.25) is 0 Å². The topological polar surface area (TPSA) is 27.7 Å². The molecule has 2 fully saturated rings. The first kappa shape index (κ1) is 21.5. The Bertz CT molecular complexity index is 606. The highest BCUT2D eigenvalue weighted by Gasteiger charge is 2.28. The molecular formula is C23H34F2O3. The Morgan fingerprint density at radius 1 is 1.00 bits per heavy atom. The van der Waals surface area contributed by atoms with E-state index >= 15 is 0 Å². The normalized spacial score (nSPS) is 28.3. The predicted octanol–water partition coefficient (Wildman–Crippen LogP) is 6.00. The quantitative estimate of drug-likeness (QED) is 0.539. The van der Waals surface area contributed by atoms with Crippen molar-refractivity contribution in [1.29, 1.82) is 0 Å². The number of rotatable bonds is 8. The van der Waals surface area contributed by atoms with Crippen molar-refractivity contribution >= 4 is 0 Å². The summed E-state index contributed by atoms with van der Waals surface area (Å²) in [6, 6.07) is 3.23. The molecule has 0 amide bonds. The molecule has 1 aromatic carbocycles. The van der Waals surface area contributed by atoms with E-state index in [1.165, 1.54) is 19.3 Å². The molecule has 1 saturated carbocycles. The smallest absolute Gasteiger partial charge is 0.200 e. The summed E-state index contributed by atoms with van der Waals surface area (Å²) in [7, 11) is 0. The maximum Gasteiger partial charge on any atom is 0.200 e. The summed E-state index contributed by atoms with van der Waals surface area (Å²) in [4.78, 5) is 0. The van der Waals surface area contributed by atoms with Crippen LogP contribution in [0, 0.1) is 17.6 Å². The van der Waals surface area contributed by atoms with Crippen LogP contribution in [0.5, 0.6) is 5.75 Å². The number of hydrogen-bond acceptors (Lipinski definition) is 3. The number of benzene rings is 1. The van der Waals surface area contributed by atoms with E-state index in [9.17, 15) is 8.78 Å². The van der Waals surface area contributed by atoms with Gasteiger partial charge in [0, 0.05) is 6.61 Å². The molecule has 28 heavy (non-hydrogen) atoms. The molecule has 2 atom stereocenters. The number of halogens is 2. The highest BCUT2D eigenvalue weighted by atomic mass is 19.2. The van der Waals surface area contributed by atoms with Gasteiger partial charge in [0.25, 0.3) is 0 Å². The van der Waals surface area contributed by atoms with Gasteiger partial charge in [-0.15, -0.1) is 0 Å². The van der Waals surface area contributed by atoms with Crippen molar-refractivity contribution in [3.05, 3.63) is 29.3 Å². The monoisotopic (exact) mass is 396 g/mol. The van der Waals surface area contributed by atoms with E-state index in [1.807, 2.05) is 0 Å². The summed E-state index contributed by atoms with van der Waals surface area (Å²) >= 11 is 0. The largest absolute Gasteiger partial charge is 0.491 e. The molecule has 0 radical (unpaired) electrons. The molecule has 3 rings (SSSR count). The molecule has 0 aromatic heterocycles. The summed E-state index contributed by atoms with van der Waals surface area (Å²) in [5.41, 5.74) is 0.469. The Balaban J connectivity index is 1.43. The van der Waals surface area contributed by atoms with E-state index < -0.39 is 11.6 Å². The fourth-order valence-electron chi connectivity index (χ4n) is 4.54. The third kappa shape index (κ3) is 5.44. The number of hydrogen-bond donors (Lipinski definition) is 0. The first-order valence-corrected chi connectivity index (χ1v) is 11.0. The molecule has 1 heterocycles. The van der Waals surface area contributed by atoms with Gasteiger partial charge in [0.15, 0.2) is 11.6 Å². The second-order valence-electron chi connectivity index (χ2n) is 8.21. The lowest BCUT2D eigenvalue weighted by Gasteiger charge is -2.32. The first-order valence-electron chi connectivity index (χ1n) is 11.0. The molecule has 1 aliphatic heterocycles. The summed E-state index contributed by atoms with van der Waals surface area (Å²) in [6.45, 7) is 5.81. The van der Waals surface area contributed by atoms with Crippen LogP contribution >= 0.6 is 0 Å². The summed E-state index contributed by atoms with van der Waals surface area (Å²) in [5, 5.41) is 0. The second kappa shape index (κ2) is 10.5. The molecule has 1 aromatic rings. The molecule has 0 bridgehead atoms. The van der Waals surface area contributed by atoms with Crippen molar-refractivity contribution in [2.75, 3.05) is 19.8 Å². The van der Waals surface area contributed by atoms with Crippen molar-refractivity contribution in [2.45, 2.75) is 83.3 Å². The van der Waals surface area contributed by atoms with Crippen molar-refractivity contribution in [3.63, 3.8) is 0 Å². The Morgan fingerprint density at radius 2 is 1.79 bits per heavy atom. The highest BCUT2D eigenvalue weighted by molar-refractivity contribution is 5.33. The average molecular weight is 397 g/mol. The SMILES string of the molecule is CCCC1CCC(COC2CCC(c3ccc(OCC)c(F)c3F)CC2)OC1. The molecule has 2 unspecified atom stereocenters. The van der Waals surface area contributed by atoms with Gasteiger partial charge in [-0.1, -0.05) is 19.4 Å².